The van der Waals surface area contributed by atoms with Gasteiger partial charge in [0.05, 0.1) is 17.1 Å². The van der Waals surface area contributed by atoms with Crippen LogP contribution in [0.4, 0.5) is 0 Å². The summed E-state index contributed by atoms with van der Waals surface area (Å²) in [4.78, 5) is 8.63. The van der Waals surface area contributed by atoms with E-state index in [1.165, 1.54) is 22.3 Å². The molecule has 3 N–H and O–H groups in total. The van der Waals surface area contributed by atoms with Crippen LogP contribution >= 0.6 is 0 Å². The van der Waals surface area contributed by atoms with Crippen molar-refractivity contribution in [3.63, 3.8) is 0 Å². The van der Waals surface area contributed by atoms with Crippen LogP contribution in [0.5, 0.6) is 11.5 Å². The molecule has 0 unspecified atom stereocenters. The van der Waals surface area contributed by atoms with Crippen molar-refractivity contribution in [3.05, 3.63) is 87.8 Å². The zero-order valence-electron chi connectivity index (χ0n) is 19.9. The lowest BCUT2D eigenvalue weighted by Crippen LogP contribution is -2.02. The van der Waals surface area contributed by atoms with Gasteiger partial charge in [-0.15, -0.1) is 0 Å². The standard InChI is InChI=1S/C29H32N2O2/c1-5-18-20(7-3)28(22-13-9-11-15-26(22)32)30-24(18)17-25-19(6-2)21(8-4)29(31-25)23-14-10-12-16-27(23)33/h9-17,30,32-33H,5-8H2,1-4H3/b25-17-. The van der Waals surface area contributed by atoms with E-state index in [1.807, 2.05) is 36.4 Å². The number of hydrogen-bond donors (Lipinski definition) is 3. The second-order valence-electron chi connectivity index (χ2n) is 8.27. The third kappa shape index (κ3) is 4.02. The molecule has 4 rings (SSSR count). The van der Waals surface area contributed by atoms with Gasteiger partial charge < -0.3 is 15.2 Å². The maximum absolute atomic E-state index is 10.5. The summed E-state index contributed by atoms with van der Waals surface area (Å²) >= 11 is 0. The van der Waals surface area contributed by atoms with Gasteiger partial charge in [0, 0.05) is 16.8 Å². The van der Waals surface area contributed by atoms with E-state index in [4.69, 9.17) is 4.99 Å². The average Bonchev–Trinajstić information content (AvgIpc) is 3.36. The number of aromatic hydroxyl groups is 2. The third-order valence-electron chi connectivity index (χ3n) is 6.47. The summed E-state index contributed by atoms with van der Waals surface area (Å²) < 4.78 is 0. The van der Waals surface area contributed by atoms with Crippen LogP contribution in [0.15, 0.2) is 70.4 Å². The number of phenolic OH excluding ortho intramolecular Hbond substituents is 2. The molecule has 4 heteroatoms. The molecule has 1 aliphatic heterocycles. The predicted molar refractivity (Wildman–Crippen MR) is 137 cm³/mol. The van der Waals surface area contributed by atoms with Gasteiger partial charge in [-0.05, 0) is 78.3 Å². The van der Waals surface area contributed by atoms with Crippen molar-refractivity contribution in [2.75, 3.05) is 0 Å². The van der Waals surface area contributed by atoms with Gasteiger partial charge in [0.15, 0.2) is 0 Å². The summed E-state index contributed by atoms with van der Waals surface area (Å²) in [5.41, 5.74) is 10.3. The number of nitrogens with zero attached hydrogens (tertiary/aromatic N) is 1. The fourth-order valence-electron chi connectivity index (χ4n) is 4.91. The molecule has 1 aromatic heterocycles. The lowest BCUT2D eigenvalue weighted by Gasteiger charge is -2.08. The second kappa shape index (κ2) is 9.53. The minimum atomic E-state index is 0.253. The van der Waals surface area contributed by atoms with Crippen LogP contribution in [0.2, 0.25) is 0 Å². The first-order valence-corrected chi connectivity index (χ1v) is 11.9. The molecular weight excluding hydrogens is 408 g/mol. The Morgan fingerprint density at radius 1 is 0.727 bits per heavy atom. The Morgan fingerprint density at radius 2 is 1.30 bits per heavy atom. The lowest BCUT2D eigenvalue weighted by atomic mass is 9.95. The highest BCUT2D eigenvalue weighted by atomic mass is 16.3. The van der Waals surface area contributed by atoms with E-state index in [0.717, 1.165) is 59.6 Å². The van der Waals surface area contributed by atoms with Crippen molar-refractivity contribution < 1.29 is 10.2 Å². The number of phenols is 2. The molecule has 2 aromatic carbocycles. The van der Waals surface area contributed by atoms with Crippen molar-refractivity contribution in [1.29, 1.82) is 0 Å². The van der Waals surface area contributed by atoms with E-state index in [2.05, 4.69) is 38.8 Å². The number of nitrogens with one attached hydrogen (secondary N) is 1. The second-order valence-corrected chi connectivity index (χ2v) is 8.27. The monoisotopic (exact) mass is 440 g/mol. The van der Waals surface area contributed by atoms with Crippen LogP contribution in [0.3, 0.4) is 0 Å². The van der Waals surface area contributed by atoms with Crippen molar-refractivity contribution in [2.45, 2.75) is 53.4 Å². The molecule has 0 saturated heterocycles. The lowest BCUT2D eigenvalue weighted by molar-refractivity contribution is 0.474. The Bertz CT molecular complexity index is 1270. The van der Waals surface area contributed by atoms with Gasteiger partial charge in [0.2, 0.25) is 0 Å². The predicted octanol–water partition coefficient (Wildman–Crippen LogP) is 7.18. The van der Waals surface area contributed by atoms with Crippen LogP contribution in [0.1, 0.15) is 62.9 Å². The van der Waals surface area contributed by atoms with E-state index in [0.29, 0.717) is 0 Å². The van der Waals surface area contributed by atoms with E-state index in [1.54, 1.807) is 12.1 Å². The number of H-pyrrole nitrogens is 1. The normalized spacial score (nSPS) is 14.9. The Kier molecular flexibility index (Phi) is 6.55. The molecule has 0 radical (unpaired) electrons. The maximum atomic E-state index is 10.5. The molecule has 0 bridgehead atoms. The number of hydrogen-bond acceptors (Lipinski definition) is 3. The zero-order valence-corrected chi connectivity index (χ0v) is 19.9. The van der Waals surface area contributed by atoms with Crippen LogP contribution in [-0.2, 0) is 12.8 Å². The first-order valence-electron chi connectivity index (χ1n) is 11.9. The SMILES string of the molecule is CCC1=C(CC)/C(=C/c2[nH]c(-c3ccccc3O)c(CC)c2CC)N=C1c1ccccc1O. The number of aliphatic imine (C=N–C) groups is 1. The molecule has 0 atom stereocenters. The fourth-order valence-corrected chi connectivity index (χ4v) is 4.91. The number of para-hydroxylation sites is 2. The number of aromatic nitrogens is 1. The molecule has 0 aliphatic carbocycles. The molecule has 0 saturated carbocycles. The molecule has 4 nitrogen and oxygen atoms in total. The molecule has 1 aliphatic rings. The van der Waals surface area contributed by atoms with Crippen LogP contribution in [0, 0.1) is 0 Å². The van der Waals surface area contributed by atoms with Gasteiger partial charge in [-0.2, -0.15) is 0 Å². The van der Waals surface area contributed by atoms with Gasteiger partial charge in [-0.25, -0.2) is 4.99 Å². The van der Waals surface area contributed by atoms with Crippen molar-refractivity contribution in [1.82, 2.24) is 4.98 Å². The van der Waals surface area contributed by atoms with Crippen molar-refractivity contribution in [2.24, 2.45) is 4.99 Å². The fraction of sp³-hybridized carbons (Fsp3) is 0.276. The van der Waals surface area contributed by atoms with Crippen LogP contribution < -0.4 is 0 Å². The highest BCUT2D eigenvalue weighted by molar-refractivity contribution is 6.17. The first-order chi connectivity index (χ1) is 16.0. The number of aromatic amines is 1. The first kappa shape index (κ1) is 22.7. The van der Waals surface area contributed by atoms with Crippen molar-refractivity contribution in [3.8, 4) is 22.8 Å². The molecular formula is C29H32N2O2. The van der Waals surface area contributed by atoms with Gasteiger partial charge in [0.1, 0.15) is 11.5 Å². The molecule has 2 heterocycles. The topological polar surface area (TPSA) is 68.6 Å². The molecule has 3 aromatic rings. The maximum Gasteiger partial charge on any atom is 0.124 e. The van der Waals surface area contributed by atoms with Crippen LogP contribution in [-0.4, -0.2) is 20.9 Å². The van der Waals surface area contributed by atoms with E-state index in [-0.39, 0.29) is 11.5 Å². The molecule has 170 valence electrons. The molecule has 33 heavy (non-hydrogen) atoms. The average molecular weight is 441 g/mol. The third-order valence-corrected chi connectivity index (χ3v) is 6.47. The smallest absolute Gasteiger partial charge is 0.124 e. The number of rotatable bonds is 7. The van der Waals surface area contributed by atoms with Gasteiger partial charge in [-0.1, -0.05) is 52.0 Å². The van der Waals surface area contributed by atoms with Gasteiger partial charge >= 0.3 is 0 Å². The van der Waals surface area contributed by atoms with E-state index >= 15 is 0 Å². The van der Waals surface area contributed by atoms with E-state index in [9.17, 15) is 10.2 Å². The Labute approximate surface area is 196 Å². The van der Waals surface area contributed by atoms with E-state index < -0.39 is 0 Å². The number of benzene rings is 2. The van der Waals surface area contributed by atoms with Gasteiger partial charge in [0.25, 0.3) is 0 Å². The molecule has 0 amide bonds. The Morgan fingerprint density at radius 3 is 1.85 bits per heavy atom. The highest BCUT2D eigenvalue weighted by Gasteiger charge is 2.25. The Balaban J connectivity index is 1.90. The summed E-state index contributed by atoms with van der Waals surface area (Å²) in [7, 11) is 0. The van der Waals surface area contributed by atoms with Gasteiger partial charge in [-0.3, -0.25) is 0 Å². The largest absolute Gasteiger partial charge is 0.507 e. The summed E-state index contributed by atoms with van der Waals surface area (Å²) in [6.45, 7) is 8.61. The minimum Gasteiger partial charge on any atom is -0.507 e. The zero-order chi connectivity index (χ0) is 23.5. The number of allylic oxidation sites excluding steroid dienone is 2. The molecule has 0 fully saturated rings. The van der Waals surface area contributed by atoms with Crippen LogP contribution in [0.25, 0.3) is 17.3 Å². The summed E-state index contributed by atoms with van der Waals surface area (Å²) in [6.07, 6.45) is 5.61. The quantitative estimate of drug-likeness (QED) is 0.364. The summed E-state index contributed by atoms with van der Waals surface area (Å²) in [6, 6.07) is 14.9. The molecule has 0 spiro atoms. The summed E-state index contributed by atoms with van der Waals surface area (Å²) in [5.74, 6) is 0.529. The van der Waals surface area contributed by atoms with Crippen molar-refractivity contribution >= 4 is 11.8 Å². The minimum absolute atomic E-state index is 0.253. The summed E-state index contributed by atoms with van der Waals surface area (Å²) in [5, 5.41) is 21.0. The Hall–Kier alpha value is -3.53. The highest BCUT2D eigenvalue weighted by Crippen LogP contribution is 2.39.